The van der Waals surface area contributed by atoms with Crippen LogP contribution < -0.4 is 14.5 Å². The van der Waals surface area contributed by atoms with Crippen LogP contribution in [0.1, 0.15) is 0 Å². The van der Waals surface area contributed by atoms with Gasteiger partial charge in [-0.3, -0.25) is 4.72 Å². The highest BCUT2D eigenvalue weighted by Gasteiger charge is 2.18. The van der Waals surface area contributed by atoms with E-state index in [1.807, 2.05) is 18.2 Å². The fraction of sp³-hybridized carbons (Fsp3) is 0.333. The first-order chi connectivity index (χ1) is 11.0. The van der Waals surface area contributed by atoms with E-state index in [0.29, 0.717) is 5.69 Å². The lowest BCUT2D eigenvalue weighted by Gasteiger charge is -2.36. The molecule has 0 saturated carbocycles. The molecule has 2 aromatic rings. The van der Waals surface area contributed by atoms with Gasteiger partial charge in [-0.15, -0.1) is 0 Å². The molecule has 0 spiro atoms. The highest BCUT2D eigenvalue weighted by atomic mass is 32.2. The van der Waals surface area contributed by atoms with Crippen LogP contribution in [-0.4, -0.2) is 50.8 Å². The minimum atomic E-state index is -3.24. The largest absolute Gasteiger partial charge is 0.368 e. The van der Waals surface area contributed by atoms with Gasteiger partial charge in [0.1, 0.15) is 0 Å². The Morgan fingerprint density at radius 3 is 2.09 bits per heavy atom. The molecule has 1 saturated heterocycles. The van der Waals surface area contributed by atoms with Crippen LogP contribution >= 0.6 is 0 Å². The number of rotatable bonds is 4. The number of benzene rings is 1. The Labute approximate surface area is 136 Å². The molecule has 0 radical (unpaired) electrons. The quantitative estimate of drug-likeness (QED) is 0.905. The number of nitrogens with one attached hydrogen (secondary N) is 1. The van der Waals surface area contributed by atoms with Crippen LogP contribution in [0.5, 0.6) is 0 Å². The third-order valence-corrected chi connectivity index (χ3v) is 4.26. The topological polar surface area (TPSA) is 78.4 Å². The molecule has 1 aliphatic rings. The molecule has 23 heavy (non-hydrogen) atoms. The highest BCUT2D eigenvalue weighted by molar-refractivity contribution is 7.92. The van der Waals surface area contributed by atoms with Gasteiger partial charge < -0.3 is 9.80 Å². The lowest BCUT2D eigenvalue weighted by molar-refractivity contribution is 0.607. The second-order valence-corrected chi connectivity index (χ2v) is 7.19. The van der Waals surface area contributed by atoms with Gasteiger partial charge in [0.05, 0.1) is 6.26 Å². The summed E-state index contributed by atoms with van der Waals surface area (Å²) in [5.74, 6) is 0.764. The average molecular weight is 333 g/mol. The molecule has 0 aliphatic carbocycles. The van der Waals surface area contributed by atoms with Crippen molar-refractivity contribution in [3.8, 4) is 0 Å². The zero-order chi connectivity index (χ0) is 16.3. The number of hydrogen-bond donors (Lipinski definition) is 1. The Morgan fingerprint density at radius 1 is 0.957 bits per heavy atom. The average Bonchev–Trinajstić information content (AvgIpc) is 2.55. The third kappa shape index (κ3) is 4.10. The second-order valence-electron chi connectivity index (χ2n) is 5.44. The molecule has 7 nitrogen and oxygen atoms in total. The van der Waals surface area contributed by atoms with Gasteiger partial charge in [0, 0.05) is 49.9 Å². The Hall–Kier alpha value is -2.35. The fourth-order valence-corrected chi connectivity index (χ4v) is 3.14. The predicted molar refractivity (Wildman–Crippen MR) is 91.4 cm³/mol. The van der Waals surface area contributed by atoms with E-state index < -0.39 is 10.0 Å². The van der Waals surface area contributed by atoms with Crippen molar-refractivity contribution >= 4 is 27.3 Å². The van der Waals surface area contributed by atoms with E-state index in [0.717, 1.165) is 44.1 Å². The molecular weight excluding hydrogens is 314 g/mol. The van der Waals surface area contributed by atoms with Crippen molar-refractivity contribution in [2.45, 2.75) is 0 Å². The summed E-state index contributed by atoms with van der Waals surface area (Å²) in [5.41, 5.74) is 1.66. The van der Waals surface area contributed by atoms with Crippen LogP contribution in [-0.2, 0) is 10.0 Å². The molecular formula is C15H19N5O2S. The molecule has 122 valence electrons. The maximum atomic E-state index is 11.2. The molecule has 1 fully saturated rings. The van der Waals surface area contributed by atoms with Crippen molar-refractivity contribution in [3.05, 3.63) is 42.7 Å². The lowest BCUT2D eigenvalue weighted by Crippen LogP contribution is -2.47. The van der Waals surface area contributed by atoms with Gasteiger partial charge in [-0.1, -0.05) is 0 Å². The molecule has 1 aliphatic heterocycles. The Bertz CT molecular complexity index is 741. The molecule has 3 rings (SSSR count). The summed E-state index contributed by atoms with van der Waals surface area (Å²) in [5, 5.41) is 0. The molecule has 2 heterocycles. The van der Waals surface area contributed by atoms with E-state index in [9.17, 15) is 8.42 Å². The van der Waals surface area contributed by atoms with Gasteiger partial charge in [0.25, 0.3) is 0 Å². The van der Waals surface area contributed by atoms with E-state index in [1.54, 1.807) is 24.5 Å². The number of anilines is 3. The molecule has 1 N–H and O–H groups in total. The Kier molecular flexibility index (Phi) is 4.33. The van der Waals surface area contributed by atoms with E-state index in [1.165, 1.54) is 0 Å². The summed E-state index contributed by atoms with van der Waals surface area (Å²) in [6.07, 6.45) is 4.65. The standard InChI is InChI=1S/C15H19N5O2S/c1-23(21,22)18-13-3-5-14(6-4-13)19-9-11-20(12-10-19)15-16-7-2-8-17-15/h2-8,18H,9-12H2,1H3. The van der Waals surface area contributed by atoms with Crippen LogP contribution in [0.15, 0.2) is 42.7 Å². The summed E-state index contributed by atoms with van der Waals surface area (Å²) in [6, 6.07) is 9.24. The molecule has 0 unspecified atom stereocenters. The summed E-state index contributed by atoms with van der Waals surface area (Å²) in [4.78, 5) is 13.0. The number of hydrogen-bond acceptors (Lipinski definition) is 6. The van der Waals surface area contributed by atoms with Crippen LogP contribution in [0.4, 0.5) is 17.3 Å². The smallest absolute Gasteiger partial charge is 0.229 e. The number of aromatic nitrogens is 2. The zero-order valence-electron chi connectivity index (χ0n) is 12.9. The predicted octanol–water partition coefficient (Wildman–Crippen LogP) is 1.17. The van der Waals surface area contributed by atoms with Gasteiger partial charge in [0.15, 0.2) is 0 Å². The summed E-state index contributed by atoms with van der Waals surface area (Å²) in [6.45, 7) is 3.45. The zero-order valence-corrected chi connectivity index (χ0v) is 13.7. The first-order valence-electron chi connectivity index (χ1n) is 7.36. The maximum absolute atomic E-state index is 11.2. The Morgan fingerprint density at radius 2 is 1.52 bits per heavy atom. The van der Waals surface area contributed by atoms with Gasteiger partial charge in [-0.25, -0.2) is 18.4 Å². The van der Waals surface area contributed by atoms with Crippen molar-refractivity contribution in [1.29, 1.82) is 0 Å². The fourth-order valence-electron chi connectivity index (χ4n) is 2.57. The summed E-state index contributed by atoms with van der Waals surface area (Å²) in [7, 11) is -3.24. The molecule has 0 amide bonds. The van der Waals surface area contributed by atoms with Gasteiger partial charge in [-0.05, 0) is 30.3 Å². The molecule has 0 bridgehead atoms. The third-order valence-electron chi connectivity index (χ3n) is 3.65. The van der Waals surface area contributed by atoms with Crippen LogP contribution in [0.2, 0.25) is 0 Å². The van der Waals surface area contributed by atoms with Crippen molar-refractivity contribution in [2.75, 3.05) is 47.0 Å². The van der Waals surface area contributed by atoms with E-state index >= 15 is 0 Å². The number of sulfonamides is 1. The summed E-state index contributed by atoms with van der Waals surface area (Å²) < 4.78 is 24.9. The molecule has 8 heteroatoms. The molecule has 0 atom stereocenters. The molecule has 1 aromatic carbocycles. The SMILES string of the molecule is CS(=O)(=O)Nc1ccc(N2CCN(c3ncccn3)CC2)cc1. The van der Waals surface area contributed by atoms with Gasteiger partial charge in [0.2, 0.25) is 16.0 Å². The summed E-state index contributed by atoms with van der Waals surface area (Å²) >= 11 is 0. The van der Waals surface area contributed by atoms with Gasteiger partial charge in [-0.2, -0.15) is 0 Å². The van der Waals surface area contributed by atoms with Crippen LogP contribution in [0.25, 0.3) is 0 Å². The maximum Gasteiger partial charge on any atom is 0.229 e. The van der Waals surface area contributed by atoms with E-state index in [-0.39, 0.29) is 0 Å². The first-order valence-corrected chi connectivity index (χ1v) is 9.25. The lowest BCUT2D eigenvalue weighted by atomic mass is 10.2. The first kappa shape index (κ1) is 15.5. The van der Waals surface area contributed by atoms with Crippen LogP contribution in [0, 0.1) is 0 Å². The Balaban J connectivity index is 1.61. The second kappa shape index (κ2) is 6.41. The van der Waals surface area contributed by atoms with E-state index in [4.69, 9.17) is 0 Å². The van der Waals surface area contributed by atoms with Crippen molar-refractivity contribution in [1.82, 2.24) is 9.97 Å². The van der Waals surface area contributed by atoms with E-state index in [2.05, 4.69) is 24.5 Å². The number of piperazine rings is 1. The van der Waals surface area contributed by atoms with Crippen molar-refractivity contribution in [2.24, 2.45) is 0 Å². The normalized spacial score (nSPS) is 15.5. The van der Waals surface area contributed by atoms with Crippen molar-refractivity contribution < 1.29 is 8.42 Å². The highest BCUT2D eigenvalue weighted by Crippen LogP contribution is 2.21. The minimum Gasteiger partial charge on any atom is -0.368 e. The number of nitrogens with zero attached hydrogens (tertiary/aromatic N) is 4. The van der Waals surface area contributed by atoms with Crippen LogP contribution in [0.3, 0.4) is 0 Å². The monoisotopic (exact) mass is 333 g/mol. The van der Waals surface area contributed by atoms with Gasteiger partial charge >= 0.3 is 0 Å². The van der Waals surface area contributed by atoms with Crippen molar-refractivity contribution in [3.63, 3.8) is 0 Å². The molecule has 1 aromatic heterocycles. The minimum absolute atomic E-state index is 0.576.